The predicted molar refractivity (Wildman–Crippen MR) is 90.2 cm³/mol. The van der Waals surface area contributed by atoms with Crippen LogP contribution < -0.4 is 27.4 Å². The van der Waals surface area contributed by atoms with Gasteiger partial charge in [0.05, 0.1) is 25.5 Å². The first-order chi connectivity index (χ1) is 12.9. The second-order valence-corrected chi connectivity index (χ2v) is 5.72. The number of aliphatic hydroxyl groups is 1. The number of carbonyl (C=O) groups excluding carboxylic acids is 4. The van der Waals surface area contributed by atoms with Crippen LogP contribution in [0.15, 0.2) is 0 Å². The van der Waals surface area contributed by atoms with E-state index in [0.29, 0.717) is 0 Å². The molecule has 0 aromatic carbocycles. The summed E-state index contributed by atoms with van der Waals surface area (Å²) in [6.45, 7) is 0.675. The molecule has 0 aliphatic carbocycles. The summed E-state index contributed by atoms with van der Waals surface area (Å²) in [7, 11) is 0. The number of rotatable bonds is 12. The maximum absolute atomic E-state index is 12.3. The topological polar surface area (TPSA) is 251 Å². The van der Waals surface area contributed by atoms with Crippen molar-refractivity contribution in [3.05, 3.63) is 0 Å². The summed E-state index contributed by atoms with van der Waals surface area (Å²) >= 11 is 0. The number of primary amides is 1. The van der Waals surface area contributed by atoms with Gasteiger partial charge >= 0.3 is 11.9 Å². The molecular formula is C14H23N5O9. The molecule has 0 heterocycles. The minimum Gasteiger partial charge on any atom is -0.481 e. The van der Waals surface area contributed by atoms with E-state index in [1.165, 1.54) is 0 Å². The van der Waals surface area contributed by atoms with Crippen molar-refractivity contribution in [2.75, 3.05) is 6.54 Å². The number of nitrogens with one attached hydrogen (secondary N) is 3. The Hall–Kier alpha value is -3.26. The Kier molecular flexibility index (Phi) is 10.1. The van der Waals surface area contributed by atoms with Crippen molar-refractivity contribution in [2.45, 2.75) is 44.0 Å². The van der Waals surface area contributed by atoms with Crippen LogP contribution in [0.1, 0.15) is 19.8 Å². The standard InChI is InChI=1S/C14H23N5O9/c1-5(20)11(19-9(22)4-15)13(26)17-6(2-8(16)21)12(25)18-7(14(27)28)3-10(23)24/h5-7,11,20H,2-4,15H2,1H3,(H2,16,21)(H,17,26)(H,18,25)(H,19,22)(H,23,24)(H,27,28). The lowest BCUT2D eigenvalue weighted by molar-refractivity contribution is -0.147. The zero-order valence-electron chi connectivity index (χ0n) is 14.9. The van der Waals surface area contributed by atoms with Crippen LogP contribution in [0.2, 0.25) is 0 Å². The van der Waals surface area contributed by atoms with Gasteiger partial charge in [0.15, 0.2) is 0 Å². The van der Waals surface area contributed by atoms with Gasteiger partial charge in [0.2, 0.25) is 23.6 Å². The molecule has 0 aliphatic rings. The van der Waals surface area contributed by atoms with Gasteiger partial charge in [0.25, 0.3) is 0 Å². The summed E-state index contributed by atoms with van der Waals surface area (Å²) in [5.41, 5.74) is 10.1. The number of carbonyl (C=O) groups is 6. The molecule has 28 heavy (non-hydrogen) atoms. The monoisotopic (exact) mass is 405 g/mol. The maximum atomic E-state index is 12.3. The lowest BCUT2D eigenvalue weighted by atomic mass is 10.1. The first kappa shape index (κ1) is 24.7. The van der Waals surface area contributed by atoms with Gasteiger partial charge in [-0.25, -0.2) is 4.79 Å². The fourth-order valence-electron chi connectivity index (χ4n) is 1.96. The Morgan fingerprint density at radius 2 is 1.43 bits per heavy atom. The molecule has 0 aromatic heterocycles. The number of carboxylic acids is 2. The zero-order chi connectivity index (χ0) is 22.0. The molecule has 10 N–H and O–H groups in total. The van der Waals surface area contributed by atoms with E-state index in [2.05, 4.69) is 5.32 Å². The van der Waals surface area contributed by atoms with Crippen LogP contribution in [-0.2, 0) is 28.8 Å². The molecule has 0 radical (unpaired) electrons. The molecule has 4 amide bonds. The van der Waals surface area contributed by atoms with E-state index in [0.717, 1.165) is 6.92 Å². The number of hydrogen-bond donors (Lipinski definition) is 8. The lowest BCUT2D eigenvalue weighted by Crippen LogP contribution is -2.59. The van der Waals surface area contributed by atoms with E-state index in [9.17, 15) is 33.9 Å². The molecule has 158 valence electrons. The highest BCUT2D eigenvalue weighted by molar-refractivity contribution is 5.96. The second kappa shape index (κ2) is 11.5. The SMILES string of the molecule is CC(O)C(NC(=O)CN)C(=O)NC(CC(N)=O)C(=O)NC(CC(=O)O)C(=O)O. The minimum absolute atomic E-state index is 0.489. The molecule has 0 aromatic rings. The molecule has 4 atom stereocenters. The lowest BCUT2D eigenvalue weighted by Gasteiger charge is -2.24. The third-order valence-electron chi connectivity index (χ3n) is 3.30. The van der Waals surface area contributed by atoms with Crippen molar-refractivity contribution in [3.8, 4) is 0 Å². The summed E-state index contributed by atoms with van der Waals surface area (Å²) in [6, 6.07) is -5.05. The van der Waals surface area contributed by atoms with Gasteiger partial charge in [-0.15, -0.1) is 0 Å². The Bertz CT molecular complexity index is 637. The zero-order valence-corrected chi connectivity index (χ0v) is 14.9. The van der Waals surface area contributed by atoms with Crippen LogP contribution in [0.5, 0.6) is 0 Å². The number of aliphatic carboxylic acids is 2. The average Bonchev–Trinajstić information content (AvgIpc) is 2.56. The summed E-state index contributed by atoms with van der Waals surface area (Å²) in [5.74, 6) is -7.27. The van der Waals surface area contributed by atoms with Crippen LogP contribution in [0.4, 0.5) is 0 Å². The van der Waals surface area contributed by atoms with Gasteiger partial charge in [-0.1, -0.05) is 0 Å². The molecule has 0 fully saturated rings. The Labute approximate surface area is 158 Å². The second-order valence-electron chi connectivity index (χ2n) is 5.72. The Morgan fingerprint density at radius 1 is 0.893 bits per heavy atom. The summed E-state index contributed by atoms with van der Waals surface area (Å²) < 4.78 is 0. The minimum atomic E-state index is -1.83. The van der Waals surface area contributed by atoms with E-state index < -0.39 is 79.2 Å². The molecule has 0 spiro atoms. The molecule has 0 aliphatic heterocycles. The molecule has 0 saturated carbocycles. The van der Waals surface area contributed by atoms with Gasteiger partial charge in [-0.2, -0.15) is 0 Å². The number of amides is 4. The van der Waals surface area contributed by atoms with Crippen molar-refractivity contribution < 1.29 is 44.1 Å². The third kappa shape index (κ3) is 8.91. The van der Waals surface area contributed by atoms with E-state index in [4.69, 9.17) is 21.7 Å². The number of hydrogen-bond acceptors (Lipinski definition) is 8. The van der Waals surface area contributed by atoms with E-state index in [1.54, 1.807) is 0 Å². The van der Waals surface area contributed by atoms with Crippen LogP contribution in [0.3, 0.4) is 0 Å². The molecule has 4 unspecified atom stereocenters. The van der Waals surface area contributed by atoms with Crippen molar-refractivity contribution >= 4 is 35.6 Å². The maximum Gasteiger partial charge on any atom is 0.326 e. The number of nitrogens with two attached hydrogens (primary N) is 2. The third-order valence-corrected chi connectivity index (χ3v) is 3.30. The highest BCUT2D eigenvalue weighted by Gasteiger charge is 2.32. The van der Waals surface area contributed by atoms with Crippen molar-refractivity contribution in [3.63, 3.8) is 0 Å². The molecule has 14 heteroatoms. The van der Waals surface area contributed by atoms with E-state index >= 15 is 0 Å². The first-order valence-corrected chi connectivity index (χ1v) is 7.90. The van der Waals surface area contributed by atoms with Gasteiger partial charge in [-0.05, 0) is 6.92 Å². The Morgan fingerprint density at radius 3 is 1.82 bits per heavy atom. The molecule has 0 saturated heterocycles. The van der Waals surface area contributed by atoms with Crippen LogP contribution in [0.25, 0.3) is 0 Å². The van der Waals surface area contributed by atoms with Crippen molar-refractivity contribution in [2.24, 2.45) is 11.5 Å². The number of carboxylic acid groups (broad SMARTS) is 2. The Balaban J connectivity index is 5.37. The normalized spacial score (nSPS) is 14.7. The average molecular weight is 405 g/mol. The highest BCUT2D eigenvalue weighted by atomic mass is 16.4. The number of aliphatic hydroxyl groups excluding tert-OH is 1. The summed E-state index contributed by atoms with van der Waals surface area (Å²) in [5, 5.41) is 33.3. The van der Waals surface area contributed by atoms with Gasteiger partial charge in [-0.3, -0.25) is 24.0 Å². The predicted octanol–water partition coefficient (Wildman–Crippen LogP) is -4.78. The van der Waals surface area contributed by atoms with Crippen molar-refractivity contribution in [1.82, 2.24) is 16.0 Å². The quantitative estimate of drug-likeness (QED) is 0.154. The van der Waals surface area contributed by atoms with Crippen LogP contribution in [0, 0.1) is 0 Å². The van der Waals surface area contributed by atoms with Gasteiger partial charge < -0.3 is 42.7 Å². The fourth-order valence-corrected chi connectivity index (χ4v) is 1.96. The van der Waals surface area contributed by atoms with Crippen LogP contribution >= 0.6 is 0 Å². The highest BCUT2D eigenvalue weighted by Crippen LogP contribution is 2.01. The smallest absolute Gasteiger partial charge is 0.326 e. The van der Waals surface area contributed by atoms with Crippen LogP contribution in [-0.4, -0.2) is 81.7 Å². The first-order valence-electron chi connectivity index (χ1n) is 7.90. The molecule has 0 rings (SSSR count). The fraction of sp³-hybridized carbons (Fsp3) is 0.571. The van der Waals surface area contributed by atoms with E-state index in [1.807, 2.05) is 10.6 Å². The summed E-state index contributed by atoms with van der Waals surface area (Å²) in [4.78, 5) is 68.7. The summed E-state index contributed by atoms with van der Waals surface area (Å²) in [6.07, 6.45) is -3.12. The van der Waals surface area contributed by atoms with Gasteiger partial charge in [0.1, 0.15) is 18.1 Å². The molecular weight excluding hydrogens is 382 g/mol. The van der Waals surface area contributed by atoms with Crippen molar-refractivity contribution in [1.29, 1.82) is 0 Å². The molecule has 0 bridgehead atoms. The largest absolute Gasteiger partial charge is 0.481 e. The van der Waals surface area contributed by atoms with Gasteiger partial charge in [0, 0.05) is 0 Å². The van der Waals surface area contributed by atoms with E-state index in [-0.39, 0.29) is 0 Å². The molecule has 14 nitrogen and oxygen atoms in total.